The normalized spacial score (nSPS) is 17.5. The third-order valence-corrected chi connectivity index (χ3v) is 11.1. The molecule has 1 unspecified atom stereocenters. The van der Waals surface area contributed by atoms with Crippen LogP contribution in [0.2, 0.25) is 5.02 Å². The third-order valence-electron chi connectivity index (χ3n) is 8.48. The molecule has 2 atom stereocenters. The Morgan fingerprint density at radius 2 is 1.94 bits per heavy atom. The fraction of sp³-hybridized carbons (Fsp3) is 0.344. The lowest BCUT2D eigenvalue weighted by Gasteiger charge is -2.33. The van der Waals surface area contributed by atoms with Crippen LogP contribution in [-0.2, 0) is 19.6 Å². The number of aromatic amines is 1. The summed E-state index contributed by atoms with van der Waals surface area (Å²) in [6.07, 6.45) is 6.95. The number of ether oxygens (including phenoxy) is 1. The Labute approximate surface area is 286 Å². The first-order valence-electron chi connectivity index (χ1n) is 15.7. The summed E-state index contributed by atoms with van der Waals surface area (Å²) in [6, 6.07) is 12.6. The maximum absolute atomic E-state index is 13.5. The van der Waals surface area contributed by atoms with Gasteiger partial charge in [-0.05, 0) is 96.5 Å². The first-order chi connectivity index (χ1) is 23.6. The molecule has 1 saturated heterocycles. The lowest BCUT2D eigenvalue weighted by atomic mass is 9.90. The van der Waals surface area contributed by atoms with Crippen LogP contribution < -0.4 is 16.2 Å². The maximum atomic E-state index is 13.5. The van der Waals surface area contributed by atoms with E-state index in [2.05, 4.69) is 41.1 Å². The number of benzene rings is 2. The van der Waals surface area contributed by atoms with Gasteiger partial charge in [0.1, 0.15) is 6.33 Å². The molecule has 0 bridgehead atoms. The highest BCUT2D eigenvalue weighted by Gasteiger charge is 2.42. The summed E-state index contributed by atoms with van der Waals surface area (Å²) in [5.74, 6) is -0.518. The van der Waals surface area contributed by atoms with E-state index >= 15 is 0 Å². The molecule has 4 aromatic rings. The quantitative estimate of drug-likeness (QED) is 0.194. The fourth-order valence-corrected chi connectivity index (χ4v) is 7.99. The van der Waals surface area contributed by atoms with E-state index in [9.17, 15) is 22.8 Å². The Kier molecular flexibility index (Phi) is 10.2. The Balaban J connectivity index is 1.27. The van der Waals surface area contributed by atoms with Crippen molar-refractivity contribution >= 4 is 45.4 Å². The lowest BCUT2D eigenvalue weighted by molar-refractivity contribution is -0.117. The van der Waals surface area contributed by atoms with Crippen LogP contribution >= 0.6 is 11.6 Å². The molecule has 256 valence electrons. The molecule has 1 aliphatic heterocycles. The number of aromatic nitrogens is 6. The summed E-state index contributed by atoms with van der Waals surface area (Å²) in [7, 11) is -2.10. The number of anilines is 1. The van der Waals surface area contributed by atoms with Crippen LogP contribution in [0.5, 0.6) is 0 Å². The first-order valence-corrected chi connectivity index (χ1v) is 17.5. The first kappa shape index (κ1) is 34.0. The van der Waals surface area contributed by atoms with Gasteiger partial charge in [-0.3, -0.25) is 14.9 Å². The number of nitrogens with one attached hydrogen (secondary N) is 3. The second kappa shape index (κ2) is 14.7. The highest BCUT2D eigenvalue weighted by atomic mass is 35.5. The number of carbonyl (C=O) groups is 2. The van der Waals surface area contributed by atoms with E-state index in [0.717, 1.165) is 6.42 Å². The van der Waals surface area contributed by atoms with E-state index in [1.165, 1.54) is 24.2 Å². The van der Waals surface area contributed by atoms with Crippen LogP contribution in [0.1, 0.15) is 49.4 Å². The third kappa shape index (κ3) is 8.21. The molecule has 0 spiro atoms. The van der Waals surface area contributed by atoms with Gasteiger partial charge in [0.05, 0.1) is 35.3 Å². The Morgan fingerprint density at radius 3 is 2.65 bits per heavy atom. The zero-order valence-corrected chi connectivity index (χ0v) is 28.0. The maximum Gasteiger partial charge on any atom is 0.411 e. The van der Waals surface area contributed by atoms with E-state index in [4.69, 9.17) is 11.6 Å². The number of amides is 2. The van der Waals surface area contributed by atoms with Crippen molar-refractivity contribution in [3.05, 3.63) is 87.6 Å². The number of tetrazole rings is 1. The minimum absolute atomic E-state index is 0.0724. The summed E-state index contributed by atoms with van der Waals surface area (Å²) in [5, 5.41) is 23.9. The van der Waals surface area contributed by atoms with Crippen LogP contribution in [0.15, 0.2) is 65.7 Å². The SMILES string of the molecule is COC(=O)Nc1ccc(-c2cc(C(C[C@@H]3CCCN(S(=O)(=O)C4CC4)C3)NC(=O)C=Cc3cc(Cl)ccc3-n3cnnn3)n[nH]c2=O)cc1. The molecular weight excluding hydrogens is 674 g/mol. The average molecular weight is 708 g/mol. The monoisotopic (exact) mass is 707 g/mol. The van der Waals surface area contributed by atoms with Crippen molar-refractivity contribution < 1.29 is 22.7 Å². The van der Waals surface area contributed by atoms with Crippen LogP contribution in [0.25, 0.3) is 22.9 Å². The lowest BCUT2D eigenvalue weighted by Crippen LogP contribution is -2.42. The molecule has 15 nitrogen and oxygen atoms in total. The fourth-order valence-electron chi connectivity index (χ4n) is 5.85. The topological polar surface area (TPSA) is 194 Å². The number of sulfonamides is 1. The van der Waals surface area contributed by atoms with E-state index in [-0.39, 0.29) is 11.2 Å². The molecule has 6 rings (SSSR count). The van der Waals surface area contributed by atoms with Gasteiger partial charge in [0, 0.05) is 35.4 Å². The zero-order chi connectivity index (χ0) is 34.5. The van der Waals surface area contributed by atoms with E-state index in [1.54, 1.807) is 58.9 Å². The number of nitrogens with zero attached hydrogens (tertiary/aromatic N) is 6. The number of carbonyl (C=O) groups excluding carboxylic acids is 2. The zero-order valence-electron chi connectivity index (χ0n) is 26.5. The summed E-state index contributed by atoms with van der Waals surface area (Å²) >= 11 is 6.25. The Bertz CT molecular complexity index is 2020. The van der Waals surface area contributed by atoms with Crippen molar-refractivity contribution in [2.24, 2.45) is 5.92 Å². The van der Waals surface area contributed by atoms with Crippen LogP contribution in [0.3, 0.4) is 0 Å². The molecule has 2 aliphatic rings. The molecule has 1 saturated carbocycles. The molecule has 2 aromatic heterocycles. The molecule has 2 aromatic carbocycles. The molecule has 2 amide bonds. The number of hydrogen-bond acceptors (Lipinski definition) is 10. The van der Waals surface area contributed by atoms with Gasteiger partial charge < -0.3 is 10.1 Å². The van der Waals surface area contributed by atoms with Crippen molar-refractivity contribution in [3.63, 3.8) is 0 Å². The van der Waals surface area contributed by atoms with Gasteiger partial charge in [0.15, 0.2) is 0 Å². The Morgan fingerprint density at radius 1 is 1.14 bits per heavy atom. The van der Waals surface area contributed by atoms with Crippen LogP contribution in [-0.4, -0.2) is 80.6 Å². The molecule has 0 radical (unpaired) electrons. The molecule has 3 heterocycles. The number of H-pyrrole nitrogens is 1. The summed E-state index contributed by atoms with van der Waals surface area (Å²) < 4.78 is 33.8. The predicted molar refractivity (Wildman–Crippen MR) is 181 cm³/mol. The van der Waals surface area contributed by atoms with Gasteiger partial charge in [-0.2, -0.15) is 9.78 Å². The number of piperidine rings is 1. The number of hydrogen-bond donors (Lipinski definition) is 3. The van der Waals surface area contributed by atoms with Crippen LogP contribution in [0.4, 0.5) is 10.5 Å². The van der Waals surface area contributed by atoms with Gasteiger partial charge in [0.25, 0.3) is 5.56 Å². The molecule has 3 N–H and O–H groups in total. The molecule has 1 aliphatic carbocycles. The summed E-state index contributed by atoms with van der Waals surface area (Å²) in [5.41, 5.74) is 2.48. The summed E-state index contributed by atoms with van der Waals surface area (Å²) in [6.45, 7) is 0.809. The van der Waals surface area contributed by atoms with Crippen molar-refractivity contribution in [1.82, 2.24) is 40.0 Å². The molecule has 2 fully saturated rings. The van der Waals surface area contributed by atoms with Gasteiger partial charge in [-0.1, -0.05) is 23.7 Å². The molecular formula is C32H34ClN9O6S. The van der Waals surface area contributed by atoms with Gasteiger partial charge in [-0.25, -0.2) is 22.6 Å². The van der Waals surface area contributed by atoms with Crippen molar-refractivity contribution in [1.29, 1.82) is 0 Å². The van der Waals surface area contributed by atoms with Crippen molar-refractivity contribution in [2.75, 3.05) is 25.5 Å². The smallest absolute Gasteiger partial charge is 0.411 e. The number of methoxy groups -OCH3 is 1. The molecule has 17 heteroatoms. The minimum atomic E-state index is -3.36. The Hall–Kier alpha value is -4.93. The van der Waals surface area contributed by atoms with E-state index in [0.29, 0.717) is 77.6 Å². The van der Waals surface area contributed by atoms with E-state index in [1.807, 2.05) is 0 Å². The predicted octanol–water partition coefficient (Wildman–Crippen LogP) is 3.71. The van der Waals surface area contributed by atoms with Crippen molar-refractivity contribution in [2.45, 2.75) is 43.4 Å². The van der Waals surface area contributed by atoms with Gasteiger partial charge in [0.2, 0.25) is 15.9 Å². The number of rotatable bonds is 11. The van der Waals surface area contributed by atoms with E-state index < -0.39 is 33.6 Å². The number of halogens is 1. The standard InChI is InChI=1S/C32H34ClN9O6S/c1-48-32(45)35-24-8-4-21(5-9-24)26-17-28(37-38-31(26)44)27(15-20-3-2-14-41(18-20)49(46,47)25-10-11-25)36-30(43)13-6-22-16-23(33)7-12-29(22)42-19-34-39-40-42/h4-9,12-13,16-17,19-20,25,27H,2-3,10-11,14-15,18H2,1H3,(H,35,45)(H,36,43)(H,38,44)/t20-,27?/m0/s1. The highest BCUT2D eigenvalue weighted by molar-refractivity contribution is 7.90. The molecule has 49 heavy (non-hydrogen) atoms. The van der Waals surface area contributed by atoms with Gasteiger partial charge >= 0.3 is 6.09 Å². The van der Waals surface area contributed by atoms with Crippen molar-refractivity contribution in [3.8, 4) is 16.8 Å². The van der Waals surface area contributed by atoms with Gasteiger partial charge in [-0.15, -0.1) is 5.10 Å². The van der Waals surface area contributed by atoms with Crippen LogP contribution in [0, 0.1) is 5.92 Å². The average Bonchev–Trinajstić information content (AvgIpc) is 3.83. The minimum Gasteiger partial charge on any atom is -0.453 e. The highest BCUT2D eigenvalue weighted by Crippen LogP contribution is 2.35. The largest absolute Gasteiger partial charge is 0.453 e. The second-order valence-corrected chi connectivity index (χ2v) is 14.6. The summed E-state index contributed by atoms with van der Waals surface area (Å²) in [4.78, 5) is 38.0. The second-order valence-electron chi connectivity index (χ2n) is 11.9.